The van der Waals surface area contributed by atoms with Crippen molar-refractivity contribution in [2.24, 2.45) is 5.92 Å². The number of carbonyl (C=O) groups excluding carboxylic acids is 2. The fourth-order valence-corrected chi connectivity index (χ4v) is 3.32. The van der Waals surface area contributed by atoms with Crippen molar-refractivity contribution in [3.63, 3.8) is 0 Å². The predicted molar refractivity (Wildman–Crippen MR) is 99.0 cm³/mol. The molecular weight excluding hydrogens is 344 g/mol. The molecule has 8 nitrogen and oxygen atoms in total. The van der Waals surface area contributed by atoms with Gasteiger partial charge in [0.1, 0.15) is 18.3 Å². The normalized spacial score (nSPS) is 17.3. The number of likely N-dealkylation sites (tertiary alicyclic amines) is 1. The summed E-state index contributed by atoms with van der Waals surface area (Å²) in [5.41, 5.74) is 1.81. The number of hydrogen-bond acceptors (Lipinski definition) is 6. The van der Waals surface area contributed by atoms with Gasteiger partial charge in [0, 0.05) is 45.3 Å². The summed E-state index contributed by atoms with van der Waals surface area (Å²) in [6.45, 7) is 1.44. The van der Waals surface area contributed by atoms with Gasteiger partial charge in [-0.25, -0.2) is 19.9 Å². The topological polar surface area (TPSA) is 92.2 Å². The molecule has 1 saturated heterocycles. The molecular formula is C19H24N6O2. The summed E-state index contributed by atoms with van der Waals surface area (Å²) in [4.78, 5) is 44.3. The second-order valence-electron chi connectivity index (χ2n) is 7.01. The first-order valence-electron chi connectivity index (χ1n) is 9.11. The number of carbonyl (C=O) groups is 2. The molecule has 3 heterocycles. The highest BCUT2D eigenvalue weighted by Crippen LogP contribution is 2.22. The molecule has 1 aliphatic heterocycles. The Morgan fingerprint density at radius 1 is 1.11 bits per heavy atom. The molecule has 1 atom stereocenters. The molecule has 0 aromatic carbocycles. The van der Waals surface area contributed by atoms with Gasteiger partial charge >= 0.3 is 0 Å². The largest absolute Gasteiger partial charge is 0.343 e. The first-order chi connectivity index (χ1) is 13.0. The van der Waals surface area contributed by atoms with Crippen LogP contribution in [-0.2, 0) is 6.42 Å². The van der Waals surface area contributed by atoms with E-state index in [9.17, 15) is 9.59 Å². The number of hydrogen-bond donors (Lipinski definition) is 0. The summed E-state index contributed by atoms with van der Waals surface area (Å²) in [6, 6.07) is 1.78. The van der Waals surface area contributed by atoms with Crippen LogP contribution in [0.5, 0.6) is 0 Å². The fraction of sp³-hybridized carbons (Fsp3) is 0.474. The van der Waals surface area contributed by atoms with E-state index in [0.717, 1.165) is 37.9 Å². The van der Waals surface area contributed by atoms with Crippen LogP contribution in [0.15, 0.2) is 31.1 Å². The van der Waals surface area contributed by atoms with Crippen molar-refractivity contribution in [2.75, 3.05) is 27.2 Å². The lowest BCUT2D eigenvalue weighted by molar-refractivity contribution is 0.0758. The van der Waals surface area contributed by atoms with Gasteiger partial charge in [-0.1, -0.05) is 0 Å². The van der Waals surface area contributed by atoms with Gasteiger partial charge < -0.3 is 9.80 Å². The van der Waals surface area contributed by atoms with Gasteiger partial charge in [-0.3, -0.25) is 9.59 Å². The smallest absolute Gasteiger partial charge is 0.272 e. The highest BCUT2D eigenvalue weighted by molar-refractivity contribution is 5.93. The molecule has 0 saturated carbocycles. The first kappa shape index (κ1) is 18.9. The minimum absolute atomic E-state index is 0.0165. The molecule has 0 spiro atoms. The molecule has 8 heteroatoms. The lowest BCUT2D eigenvalue weighted by Crippen LogP contribution is -2.32. The van der Waals surface area contributed by atoms with Crippen LogP contribution < -0.4 is 0 Å². The number of aromatic nitrogens is 4. The van der Waals surface area contributed by atoms with Crippen molar-refractivity contribution >= 4 is 11.8 Å². The summed E-state index contributed by atoms with van der Waals surface area (Å²) in [6.07, 6.45) is 9.64. The summed E-state index contributed by atoms with van der Waals surface area (Å²) < 4.78 is 0. The summed E-state index contributed by atoms with van der Waals surface area (Å²) in [7, 11) is 3.41. The van der Waals surface area contributed by atoms with Crippen LogP contribution in [0.4, 0.5) is 0 Å². The maximum Gasteiger partial charge on any atom is 0.272 e. The molecule has 2 aromatic rings. The highest BCUT2D eigenvalue weighted by atomic mass is 16.2. The molecule has 2 amide bonds. The third-order valence-electron chi connectivity index (χ3n) is 4.79. The third-order valence-corrected chi connectivity index (χ3v) is 4.79. The van der Waals surface area contributed by atoms with Crippen molar-refractivity contribution < 1.29 is 9.59 Å². The second-order valence-corrected chi connectivity index (χ2v) is 7.01. The van der Waals surface area contributed by atoms with E-state index in [4.69, 9.17) is 0 Å². The van der Waals surface area contributed by atoms with Crippen molar-refractivity contribution in [2.45, 2.75) is 25.7 Å². The van der Waals surface area contributed by atoms with Crippen molar-refractivity contribution in [1.29, 1.82) is 0 Å². The molecule has 27 heavy (non-hydrogen) atoms. The number of rotatable bonds is 4. The Kier molecular flexibility index (Phi) is 6.05. The molecule has 1 fully saturated rings. The Morgan fingerprint density at radius 2 is 1.89 bits per heavy atom. The molecule has 0 aliphatic carbocycles. The van der Waals surface area contributed by atoms with E-state index in [1.807, 2.05) is 4.90 Å². The van der Waals surface area contributed by atoms with Gasteiger partial charge in [-0.2, -0.15) is 0 Å². The summed E-state index contributed by atoms with van der Waals surface area (Å²) >= 11 is 0. The fourth-order valence-electron chi connectivity index (χ4n) is 3.32. The molecule has 1 aliphatic rings. The zero-order valence-corrected chi connectivity index (χ0v) is 15.7. The van der Waals surface area contributed by atoms with Crippen molar-refractivity contribution in [1.82, 2.24) is 29.7 Å². The van der Waals surface area contributed by atoms with Crippen LogP contribution in [0.1, 0.15) is 45.8 Å². The average molecular weight is 368 g/mol. The molecule has 142 valence electrons. The van der Waals surface area contributed by atoms with Crippen molar-refractivity contribution in [3.05, 3.63) is 48.1 Å². The Bertz CT molecular complexity index is 796. The van der Waals surface area contributed by atoms with E-state index in [2.05, 4.69) is 19.9 Å². The van der Waals surface area contributed by atoms with Crippen LogP contribution >= 0.6 is 0 Å². The Hall–Kier alpha value is -2.90. The Morgan fingerprint density at radius 3 is 2.63 bits per heavy atom. The van der Waals surface area contributed by atoms with Gasteiger partial charge in [0.2, 0.25) is 0 Å². The lowest BCUT2D eigenvalue weighted by Gasteiger charge is -2.20. The Labute approximate surface area is 158 Å². The van der Waals surface area contributed by atoms with Crippen LogP contribution in [-0.4, -0.2) is 68.7 Å². The lowest BCUT2D eigenvalue weighted by atomic mass is 9.95. The van der Waals surface area contributed by atoms with Crippen LogP contribution in [0.2, 0.25) is 0 Å². The van der Waals surface area contributed by atoms with Gasteiger partial charge in [-0.05, 0) is 37.7 Å². The second kappa shape index (κ2) is 8.66. The average Bonchev–Trinajstić information content (AvgIpc) is 2.93. The van der Waals surface area contributed by atoms with E-state index in [-0.39, 0.29) is 11.8 Å². The van der Waals surface area contributed by atoms with Gasteiger partial charge in [0.25, 0.3) is 11.8 Å². The monoisotopic (exact) mass is 368 g/mol. The molecule has 0 N–H and O–H groups in total. The maximum atomic E-state index is 12.6. The summed E-state index contributed by atoms with van der Waals surface area (Å²) in [5, 5.41) is 0. The van der Waals surface area contributed by atoms with Gasteiger partial charge in [0.05, 0.1) is 5.56 Å². The number of nitrogens with zero attached hydrogens (tertiary/aromatic N) is 6. The van der Waals surface area contributed by atoms with Gasteiger partial charge in [-0.15, -0.1) is 0 Å². The molecule has 0 radical (unpaired) electrons. The van der Waals surface area contributed by atoms with Crippen molar-refractivity contribution in [3.8, 4) is 0 Å². The molecule has 3 rings (SSSR count). The molecule has 2 aromatic heterocycles. The quantitative estimate of drug-likeness (QED) is 0.811. The van der Waals surface area contributed by atoms with E-state index in [1.165, 1.54) is 17.6 Å². The standard InChI is InChI=1S/C19H24N6O2/c1-24(2)19(27)17-9-16(22-13-23-17)8-14-4-3-6-25(7-5-14)18(26)15-10-20-12-21-11-15/h9-14H,3-8H2,1-2H3/t14-/m1/s1. The van der Waals surface area contributed by atoms with E-state index in [1.54, 1.807) is 32.6 Å². The predicted octanol–water partition coefficient (Wildman–Crippen LogP) is 1.45. The van der Waals surface area contributed by atoms with E-state index >= 15 is 0 Å². The Balaban J connectivity index is 1.61. The molecule has 0 unspecified atom stereocenters. The third kappa shape index (κ3) is 4.84. The van der Waals surface area contributed by atoms with Crippen LogP contribution in [0, 0.1) is 5.92 Å². The van der Waals surface area contributed by atoms with Gasteiger partial charge in [0.15, 0.2) is 0 Å². The number of amides is 2. The van der Waals surface area contributed by atoms with Crippen LogP contribution in [0.25, 0.3) is 0 Å². The minimum Gasteiger partial charge on any atom is -0.343 e. The SMILES string of the molecule is CN(C)C(=O)c1cc(C[C@@H]2CCCN(C(=O)c3cncnc3)CC2)ncn1. The van der Waals surface area contributed by atoms with Crippen LogP contribution in [0.3, 0.4) is 0 Å². The van der Waals surface area contributed by atoms with E-state index < -0.39 is 0 Å². The zero-order valence-electron chi connectivity index (χ0n) is 15.7. The first-order valence-corrected chi connectivity index (χ1v) is 9.11. The zero-order chi connectivity index (χ0) is 19.2. The van der Waals surface area contributed by atoms with E-state index in [0.29, 0.717) is 23.7 Å². The maximum absolute atomic E-state index is 12.6. The molecule has 0 bridgehead atoms. The summed E-state index contributed by atoms with van der Waals surface area (Å²) in [5.74, 6) is 0.283. The highest BCUT2D eigenvalue weighted by Gasteiger charge is 2.23. The minimum atomic E-state index is -0.124.